The maximum atomic E-state index is 13.8. The van der Waals surface area contributed by atoms with Crippen LogP contribution in [0.4, 0.5) is 30.6 Å². The quantitative estimate of drug-likeness (QED) is 0.596. The zero-order valence-electron chi connectivity index (χ0n) is 14.1. The van der Waals surface area contributed by atoms with Gasteiger partial charge >= 0.3 is 0 Å². The Morgan fingerprint density at radius 3 is 2.40 bits per heavy atom. The molecule has 1 aromatic carbocycles. The highest BCUT2D eigenvalue weighted by atomic mass is 19.2. The van der Waals surface area contributed by atoms with Gasteiger partial charge in [-0.2, -0.15) is 4.98 Å². The predicted octanol–water partition coefficient (Wildman–Crippen LogP) is 5.08. The van der Waals surface area contributed by atoms with Crippen LogP contribution in [0.5, 0.6) is 0 Å². The average molecular weight is 350 g/mol. The molecule has 1 aliphatic carbocycles. The lowest BCUT2D eigenvalue weighted by atomic mass is 10.1. The Labute approximate surface area is 144 Å². The second-order valence-electron chi connectivity index (χ2n) is 6.40. The van der Waals surface area contributed by atoms with E-state index in [4.69, 9.17) is 0 Å². The highest BCUT2D eigenvalue weighted by molar-refractivity contribution is 5.58. The van der Waals surface area contributed by atoms with Gasteiger partial charge in [0.05, 0.1) is 5.69 Å². The van der Waals surface area contributed by atoms with E-state index in [2.05, 4.69) is 20.6 Å². The van der Waals surface area contributed by atoms with Crippen LogP contribution in [0.1, 0.15) is 44.2 Å². The molecule has 4 nitrogen and oxygen atoms in total. The number of anilines is 3. The Hall–Kier alpha value is -2.31. The first-order chi connectivity index (χ1) is 12.0. The van der Waals surface area contributed by atoms with E-state index in [-0.39, 0.29) is 5.69 Å². The monoisotopic (exact) mass is 350 g/mol. The molecule has 7 heteroatoms. The zero-order valence-corrected chi connectivity index (χ0v) is 14.1. The molecule has 0 radical (unpaired) electrons. The second kappa shape index (κ2) is 7.72. The van der Waals surface area contributed by atoms with Gasteiger partial charge in [0.15, 0.2) is 17.5 Å². The molecule has 1 fully saturated rings. The molecule has 0 aliphatic heterocycles. The van der Waals surface area contributed by atoms with Crippen molar-refractivity contribution in [3.63, 3.8) is 0 Å². The highest BCUT2D eigenvalue weighted by Crippen LogP contribution is 2.24. The third-order valence-electron chi connectivity index (χ3n) is 4.34. The molecular weight excluding hydrogens is 329 g/mol. The van der Waals surface area contributed by atoms with Crippen molar-refractivity contribution < 1.29 is 13.2 Å². The van der Waals surface area contributed by atoms with E-state index in [0.29, 0.717) is 23.5 Å². The van der Waals surface area contributed by atoms with Crippen LogP contribution in [0.3, 0.4) is 0 Å². The van der Waals surface area contributed by atoms with E-state index in [1.165, 1.54) is 25.7 Å². The van der Waals surface area contributed by atoms with E-state index in [1.54, 1.807) is 13.0 Å². The molecule has 0 bridgehead atoms. The molecular formula is C18H21F3N4. The number of hydrogen-bond donors (Lipinski definition) is 2. The number of rotatable bonds is 4. The van der Waals surface area contributed by atoms with Crippen molar-refractivity contribution >= 4 is 17.5 Å². The van der Waals surface area contributed by atoms with Crippen molar-refractivity contribution in [3.05, 3.63) is 41.3 Å². The molecule has 0 saturated heterocycles. The first-order valence-electron chi connectivity index (χ1n) is 8.55. The fourth-order valence-corrected chi connectivity index (χ4v) is 3.06. The van der Waals surface area contributed by atoms with Crippen LogP contribution in [0.2, 0.25) is 0 Å². The van der Waals surface area contributed by atoms with Crippen LogP contribution in [-0.2, 0) is 0 Å². The van der Waals surface area contributed by atoms with Gasteiger partial charge in [0.25, 0.3) is 0 Å². The number of halogens is 3. The minimum absolute atomic E-state index is 0.169. The molecule has 1 heterocycles. The summed E-state index contributed by atoms with van der Waals surface area (Å²) in [4.78, 5) is 8.69. The molecule has 1 aromatic heterocycles. The highest BCUT2D eigenvalue weighted by Gasteiger charge is 2.16. The molecule has 3 rings (SSSR count). The topological polar surface area (TPSA) is 49.8 Å². The van der Waals surface area contributed by atoms with E-state index in [0.717, 1.165) is 25.0 Å². The normalized spacial score (nSPS) is 15.7. The maximum Gasteiger partial charge on any atom is 0.225 e. The Morgan fingerprint density at radius 2 is 1.68 bits per heavy atom. The van der Waals surface area contributed by atoms with Crippen molar-refractivity contribution in [3.8, 4) is 0 Å². The summed E-state index contributed by atoms with van der Waals surface area (Å²) in [7, 11) is 0. The van der Waals surface area contributed by atoms with Gasteiger partial charge in [0.2, 0.25) is 5.95 Å². The number of aryl methyl sites for hydroxylation is 1. The summed E-state index contributed by atoms with van der Waals surface area (Å²) >= 11 is 0. The minimum atomic E-state index is -1.51. The molecule has 0 atom stereocenters. The van der Waals surface area contributed by atoms with Crippen LogP contribution < -0.4 is 10.6 Å². The summed E-state index contributed by atoms with van der Waals surface area (Å²) in [5.74, 6) is -3.22. The number of aromatic nitrogens is 2. The number of hydrogen-bond acceptors (Lipinski definition) is 4. The fraction of sp³-hybridized carbons (Fsp3) is 0.444. The third kappa shape index (κ3) is 4.41. The summed E-state index contributed by atoms with van der Waals surface area (Å²) in [6.45, 7) is 1.80. The lowest BCUT2D eigenvalue weighted by Gasteiger charge is -2.17. The molecule has 0 spiro atoms. The summed E-state index contributed by atoms with van der Waals surface area (Å²) in [6, 6.07) is 3.96. The van der Waals surface area contributed by atoms with Gasteiger partial charge in [0.1, 0.15) is 5.82 Å². The number of nitrogens with zero attached hydrogens (tertiary/aromatic N) is 2. The Morgan fingerprint density at radius 1 is 0.960 bits per heavy atom. The maximum absolute atomic E-state index is 13.8. The Kier molecular flexibility index (Phi) is 5.40. The van der Waals surface area contributed by atoms with Crippen LogP contribution in [0.25, 0.3) is 0 Å². The van der Waals surface area contributed by atoms with Crippen molar-refractivity contribution in [2.75, 3.05) is 10.6 Å². The van der Waals surface area contributed by atoms with Crippen molar-refractivity contribution in [2.45, 2.75) is 51.5 Å². The van der Waals surface area contributed by atoms with Gasteiger partial charge in [-0.05, 0) is 31.9 Å². The van der Waals surface area contributed by atoms with Crippen LogP contribution in [0.15, 0.2) is 18.2 Å². The van der Waals surface area contributed by atoms with Crippen LogP contribution in [-0.4, -0.2) is 16.0 Å². The van der Waals surface area contributed by atoms with Crippen molar-refractivity contribution in [2.24, 2.45) is 0 Å². The largest absolute Gasteiger partial charge is 0.351 e. The Bertz CT molecular complexity index is 743. The van der Waals surface area contributed by atoms with Crippen molar-refractivity contribution in [1.29, 1.82) is 0 Å². The van der Waals surface area contributed by atoms with E-state index in [1.807, 2.05) is 0 Å². The molecule has 134 valence electrons. The molecule has 2 N–H and O–H groups in total. The lowest BCUT2D eigenvalue weighted by Crippen LogP contribution is -2.20. The van der Waals surface area contributed by atoms with Gasteiger partial charge in [-0.25, -0.2) is 18.2 Å². The third-order valence-corrected chi connectivity index (χ3v) is 4.34. The second-order valence-corrected chi connectivity index (χ2v) is 6.40. The summed E-state index contributed by atoms with van der Waals surface area (Å²) in [5, 5.41) is 6.03. The average Bonchev–Trinajstić information content (AvgIpc) is 2.84. The van der Waals surface area contributed by atoms with Gasteiger partial charge in [0, 0.05) is 17.8 Å². The molecule has 2 aromatic rings. The van der Waals surface area contributed by atoms with Crippen LogP contribution >= 0.6 is 0 Å². The van der Waals surface area contributed by atoms with E-state index < -0.39 is 17.5 Å². The predicted molar refractivity (Wildman–Crippen MR) is 91.5 cm³/mol. The molecule has 25 heavy (non-hydrogen) atoms. The smallest absolute Gasteiger partial charge is 0.225 e. The minimum Gasteiger partial charge on any atom is -0.351 e. The van der Waals surface area contributed by atoms with Gasteiger partial charge in [-0.1, -0.05) is 25.7 Å². The summed E-state index contributed by atoms with van der Waals surface area (Å²) < 4.78 is 40.2. The lowest BCUT2D eigenvalue weighted by molar-refractivity contribution is 0.449. The SMILES string of the molecule is Cc1cc(Nc2ccc(F)c(F)c2F)nc(NC2CCCCCC2)n1. The molecule has 0 amide bonds. The molecule has 1 saturated carbocycles. The van der Waals surface area contributed by atoms with Gasteiger partial charge < -0.3 is 10.6 Å². The van der Waals surface area contributed by atoms with Gasteiger partial charge in [-0.15, -0.1) is 0 Å². The number of benzene rings is 1. The number of nitrogens with one attached hydrogen (secondary N) is 2. The Balaban J connectivity index is 1.78. The first-order valence-corrected chi connectivity index (χ1v) is 8.55. The van der Waals surface area contributed by atoms with E-state index in [9.17, 15) is 13.2 Å². The van der Waals surface area contributed by atoms with Crippen LogP contribution in [0, 0.1) is 24.4 Å². The first kappa shape index (κ1) is 17.5. The summed E-state index contributed by atoms with van der Waals surface area (Å²) in [5.41, 5.74) is 0.522. The molecule has 1 aliphatic rings. The zero-order chi connectivity index (χ0) is 17.8. The summed E-state index contributed by atoms with van der Waals surface area (Å²) in [6.07, 6.45) is 6.98. The van der Waals surface area contributed by atoms with Crippen molar-refractivity contribution in [1.82, 2.24) is 9.97 Å². The fourth-order valence-electron chi connectivity index (χ4n) is 3.06. The van der Waals surface area contributed by atoms with E-state index >= 15 is 0 Å². The standard InChI is InChI=1S/C18H21F3N4/c1-11-10-15(24-14-9-8-13(19)16(20)17(14)21)25-18(22-11)23-12-6-4-2-3-5-7-12/h8-10,12H,2-7H2,1H3,(H2,22,23,24,25). The van der Waals surface area contributed by atoms with Gasteiger partial charge in [-0.3, -0.25) is 0 Å². The molecule has 0 unspecified atom stereocenters.